The van der Waals surface area contributed by atoms with Crippen molar-refractivity contribution in [3.05, 3.63) is 40.1 Å². The number of carbonyl (C=O) groups excluding carboxylic acids is 1. The highest BCUT2D eigenvalue weighted by Crippen LogP contribution is 2.13. The lowest BCUT2D eigenvalue weighted by Crippen LogP contribution is -2.57. The molecule has 3 N–H and O–H groups in total. The second-order valence-corrected chi connectivity index (χ2v) is 5.06. The summed E-state index contributed by atoms with van der Waals surface area (Å²) in [5.74, 6) is 0.103. The summed E-state index contributed by atoms with van der Waals surface area (Å²) in [7, 11) is 0. The first-order chi connectivity index (χ1) is 12.1. The highest BCUT2D eigenvalue weighted by molar-refractivity contribution is 5.95. The summed E-state index contributed by atoms with van der Waals surface area (Å²) < 4.78 is 0. The Morgan fingerprint density at radius 1 is 1.12 bits per heavy atom. The van der Waals surface area contributed by atoms with Crippen molar-refractivity contribution in [3.8, 4) is 0 Å². The number of nitrogens with zero attached hydrogens (tertiary/aromatic N) is 4. The third-order valence-corrected chi connectivity index (χ3v) is 3.77. The van der Waals surface area contributed by atoms with Gasteiger partial charge in [0.05, 0.1) is 0 Å². The van der Waals surface area contributed by atoms with Crippen molar-refractivity contribution in [2.45, 2.75) is 19.9 Å². The van der Waals surface area contributed by atoms with Gasteiger partial charge in [-0.25, -0.2) is 0 Å². The van der Waals surface area contributed by atoms with E-state index in [4.69, 9.17) is 20.2 Å². The lowest BCUT2D eigenvalue weighted by molar-refractivity contribution is -0.123. The molecule has 1 aromatic carbocycles. The van der Waals surface area contributed by atoms with E-state index in [1.165, 1.54) is 10.7 Å². The summed E-state index contributed by atoms with van der Waals surface area (Å²) in [6, 6.07) is 9.63. The summed E-state index contributed by atoms with van der Waals surface area (Å²) in [6.07, 6.45) is 0. The minimum atomic E-state index is -0.0427. The van der Waals surface area contributed by atoms with Gasteiger partial charge in [0.1, 0.15) is 6.04 Å². The van der Waals surface area contributed by atoms with Crippen LogP contribution in [0.1, 0.15) is 13.8 Å². The van der Waals surface area contributed by atoms with Crippen LogP contribution in [0.15, 0.2) is 41.0 Å². The average Bonchev–Trinajstić information content (AvgIpc) is 2.63. The molecule has 1 saturated heterocycles. The van der Waals surface area contributed by atoms with Gasteiger partial charge in [0, 0.05) is 25.3 Å². The van der Waals surface area contributed by atoms with Crippen molar-refractivity contribution in [1.82, 2.24) is 9.80 Å². The molecule has 140 valence electrons. The van der Waals surface area contributed by atoms with Gasteiger partial charge in [-0.1, -0.05) is 32.0 Å². The topological polar surface area (TPSA) is 135 Å². The Morgan fingerprint density at radius 2 is 1.68 bits per heavy atom. The van der Waals surface area contributed by atoms with Gasteiger partial charge in [-0.15, -0.1) is 9.81 Å². The van der Waals surface area contributed by atoms with E-state index in [1.807, 2.05) is 30.3 Å². The normalized spacial score (nSPS) is 17.1. The van der Waals surface area contributed by atoms with Crippen molar-refractivity contribution >= 4 is 11.6 Å². The largest absolute Gasteiger partial charge is 0.379 e. The van der Waals surface area contributed by atoms with E-state index >= 15 is 0 Å². The zero-order chi connectivity index (χ0) is 19.1. The van der Waals surface area contributed by atoms with Gasteiger partial charge < -0.3 is 20.6 Å². The molecule has 0 aliphatic carbocycles. The average molecular weight is 355 g/mol. The molecule has 2 rings (SSSR count). The van der Waals surface area contributed by atoms with Gasteiger partial charge in [0.15, 0.2) is 10.7 Å². The Kier molecular flexibility index (Phi) is 12.4. The van der Waals surface area contributed by atoms with E-state index in [-0.39, 0.29) is 11.9 Å². The van der Waals surface area contributed by atoms with E-state index < -0.39 is 0 Å². The van der Waals surface area contributed by atoms with E-state index in [9.17, 15) is 4.79 Å². The van der Waals surface area contributed by atoms with Crippen LogP contribution in [0.4, 0.5) is 5.69 Å². The fourth-order valence-corrected chi connectivity index (χ4v) is 2.54. The quantitative estimate of drug-likeness (QED) is 0.555. The van der Waals surface area contributed by atoms with E-state index in [2.05, 4.69) is 29.0 Å². The summed E-state index contributed by atoms with van der Waals surface area (Å²) in [5.41, 5.74) is 0.872. The summed E-state index contributed by atoms with van der Waals surface area (Å²) in [4.78, 5) is 33.2. The zero-order valence-corrected chi connectivity index (χ0v) is 14.4. The third-order valence-electron chi connectivity index (χ3n) is 3.77. The Hall–Kier alpha value is -2.59. The number of amides is 1. The molecule has 1 atom stereocenters. The van der Waals surface area contributed by atoms with Gasteiger partial charge in [0.25, 0.3) is 0 Å². The number of hydrogen-bond acceptors (Lipinski definition) is 7. The van der Waals surface area contributed by atoms with Gasteiger partial charge >= 0.3 is 0 Å². The second-order valence-electron chi connectivity index (χ2n) is 5.06. The first kappa shape index (κ1) is 22.4. The lowest BCUT2D eigenvalue weighted by atomic mass is 10.1. The van der Waals surface area contributed by atoms with Crippen molar-refractivity contribution in [1.29, 1.82) is 0 Å². The minimum absolute atomic E-state index is 0.0427. The molecule has 0 bridgehead atoms. The molecule has 0 spiro atoms. The number of nitrogens with one attached hydrogen (secondary N) is 1. The Bertz CT molecular complexity index is 496. The van der Waals surface area contributed by atoms with Crippen molar-refractivity contribution in [3.63, 3.8) is 0 Å². The van der Waals surface area contributed by atoms with Crippen molar-refractivity contribution < 1.29 is 15.2 Å². The Morgan fingerprint density at radius 3 is 2.16 bits per heavy atom. The van der Waals surface area contributed by atoms with Crippen molar-refractivity contribution in [2.24, 2.45) is 10.7 Å². The molecule has 1 heterocycles. The van der Waals surface area contributed by atoms with Crippen LogP contribution >= 0.6 is 0 Å². The molecule has 1 aliphatic heterocycles. The molecule has 0 saturated carbocycles. The number of benzene rings is 1. The number of carbonyl (C=O) groups is 1. The maximum Gasteiger partial charge on any atom is 0.243 e. The van der Waals surface area contributed by atoms with Gasteiger partial charge in [-0.05, 0) is 25.2 Å². The molecule has 25 heavy (non-hydrogen) atoms. The molecule has 1 amide bonds. The molecule has 1 fully saturated rings. The maximum atomic E-state index is 12.4. The Labute approximate surface area is 146 Å². The van der Waals surface area contributed by atoms with Gasteiger partial charge in [-0.2, -0.15) is 0 Å². The van der Waals surface area contributed by atoms with Crippen LogP contribution in [0.5, 0.6) is 0 Å². The molecular formula is C15H25N5O5. The predicted molar refractivity (Wildman–Crippen MR) is 93.4 cm³/mol. The smallest absolute Gasteiger partial charge is 0.243 e. The van der Waals surface area contributed by atoms with Crippen LogP contribution in [-0.2, 0) is 4.79 Å². The second kappa shape index (κ2) is 13.8. The maximum absolute atomic E-state index is 12.4. The highest BCUT2D eigenvalue weighted by atomic mass is 16.6. The lowest BCUT2D eigenvalue weighted by Gasteiger charge is -2.39. The standard InChI is InChI=1S/C15H23N3O.2HNO2/c1-3-17-10-11-18(4-2)14(12-17)15(19)16-13-8-6-5-7-9-13;2*2-1-3/h5-9,14H,3-4,10-12H2,1-2H3,(H,16,19);2*(H,2,3). The number of anilines is 1. The molecule has 10 nitrogen and oxygen atoms in total. The fraction of sp³-hybridized carbons (Fsp3) is 0.533. The predicted octanol–water partition coefficient (Wildman–Crippen LogP) is 1.94. The monoisotopic (exact) mass is 355 g/mol. The number of rotatable bonds is 4. The summed E-state index contributed by atoms with van der Waals surface area (Å²) in [6.45, 7) is 9.04. The molecule has 0 radical (unpaired) electrons. The van der Waals surface area contributed by atoms with Gasteiger partial charge in [-0.3, -0.25) is 9.69 Å². The third kappa shape index (κ3) is 8.72. The van der Waals surface area contributed by atoms with E-state index in [0.29, 0.717) is 0 Å². The first-order valence-electron chi connectivity index (χ1n) is 7.83. The van der Waals surface area contributed by atoms with Crippen molar-refractivity contribution in [2.75, 3.05) is 38.0 Å². The van der Waals surface area contributed by atoms with Crippen LogP contribution in [0.2, 0.25) is 0 Å². The molecular weight excluding hydrogens is 330 g/mol. The first-order valence-corrected chi connectivity index (χ1v) is 7.83. The highest BCUT2D eigenvalue weighted by Gasteiger charge is 2.30. The Balaban J connectivity index is 0.000000844. The van der Waals surface area contributed by atoms with E-state index in [0.717, 1.165) is 38.4 Å². The number of hydrogen-bond donors (Lipinski definition) is 3. The SMILES string of the molecule is CCN1CCN(CC)C(C(=O)Nc2ccccc2)C1.O=NO.O=NO. The molecule has 1 aliphatic rings. The fourth-order valence-electron chi connectivity index (χ4n) is 2.54. The van der Waals surface area contributed by atoms with Crippen LogP contribution in [0.25, 0.3) is 0 Å². The summed E-state index contributed by atoms with van der Waals surface area (Å²) >= 11 is 0. The van der Waals surface area contributed by atoms with Crippen LogP contribution in [0, 0.1) is 9.81 Å². The van der Waals surface area contributed by atoms with Crippen LogP contribution < -0.4 is 5.32 Å². The number of likely N-dealkylation sites (N-methyl/N-ethyl adjacent to an activating group) is 2. The number of piperazine rings is 1. The van der Waals surface area contributed by atoms with E-state index in [1.54, 1.807) is 0 Å². The molecule has 10 heteroatoms. The summed E-state index contributed by atoms with van der Waals surface area (Å²) in [5, 5.41) is 18.8. The molecule has 1 aromatic rings. The van der Waals surface area contributed by atoms with Gasteiger partial charge in [0.2, 0.25) is 5.91 Å². The zero-order valence-electron chi connectivity index (χ0n) is 14.4. The number of para-hydroxylation sites is 1. The minimum Gasteiger partial charge on any atom is -0.379 e. The molecule has 1 unspecified atom stereocenters. The van der Waals surface area contributed by atoms with Crippen LogP contribution in [0.3, 0.4) is 0 Å². The van der Waals surface area contributed by atoms with Crippen LogP contribution in [-0.4, -0.2) is 64.9 Å². The molecule has 0 aromatic heterocycles.